The third kappa shape index (κ3) is 50.9. The lowest BCUT2D eigenvalue weighted by Gasteiger charge is -2.18. The molecular formula is C59H96O5. The van der Waals surface area contributed by atoms with Crippen LogP contribution >= 0.6 is 0 Å². The smallest absolute Gasteiger partial charge is 0.309 e. The fraction of sp³-hybridized carbons (Fsp3) is 0.627. The van der Waals surface area contributed by atoms with Gasteiger partial charge in [-0.25, -0.2) is 0 Å². The number of carbonyl (C=O) groups excluding carboxylic acids is 2. The Morgan fingerprint density at radius 2 is 0.750 bits per heavy atom. The predicted molar refractivity (Wildman–Crippen MR) is 279 cm³/mol. The third-order valence-corrected chi connectivity index (χ3v) is 10.5. The molecule has 0 saturated carbocycles. The average molecular weight is 885 g/mol. The summed E-state index contributed by atoms with van der Waals surface area (Å²) in [5.74, 6) is -0.586. The van der Waals surface area contributed by atoms with Crippen LogP contribution in [0.25, 0.3) is 0 Å². The van der Waals surface area contributed by atoms with E-state index < -0.39 is 6.10 Å². The van der Waals surface area contributed by atoms with E-state index >= 15 is 0 Å². The highest BCUT2D eigenvalue weighted by Gasteiger charge is 2.17. The minimum absolute atomic E-state index is 0.0109. The maximum atomic E-state index is 12.8. The summed E-state index contributed by atoms with van der Waals surface area (Å²) in [5.41, 5.74) is 0. The van der Waals surface area contributed by atoms with Gasteiger partial charge in [0.05, 0.1) is 13.0 Å². The molecule has 64 heavy (non-hydrogen) atoms. The topological polar surface area (TPSA) is 61.8 Å². The largest absolute Gasteiger partial charge is 0.461 e. The zero-order chi connectivity index (χ0) is 46.3. The van der Waals surface area contributed by atoms with Gasteiger partial charge >= 0.3 is 11.9 Å². The van der Waals surface area contributed by atoms with Crippen molar-refractivity contribution in [3.8, 4) is 0 Å². The molecular weight excluding hydrogens is 789 g/mol. The Labute approximate surface area is 395 Å². The molecule has 0 rings (SSSR count). The Balaban J connectivity index is 4.40. The van der Waals surface area contributed by atoms with E-state index in [0.717, 1.165) is 96.3 Å². The quantitative estimate of drug-likeness (QED) is 0.0346. The first-order valence-corrected chi connectivity index (χ1v) is 26.1. The molecule has 362 valence electrons. The van der Waals surface area contributed by atoms with E-state index in [1.165, 1.54) is 83.5 Å². The van der Waals surface area contributed by atoms with Crippen molar-refractivity contribution in [3.05, 3.63) is 122 Å². The first-order valence-electron chi connectivity index (χ1n) is 26.1. The predicted octanol–water partition coefficient (Wildman–Crippen LogP) is 17.8. The summed E-state index contributed by atoms with van der Waals surface area (Å²) in [6, 6.07) is 0. The molecule has 5 heteroatoms. The zero-order valence-electron chi connectivity index (χ0n) is 41.5. The zero-order valence-corrected chi connectivity index (χ0v) is 41.5. The number of esters is 2. The van der Waals surface area contributed by atoms with Crippen molar-refractivity contribution in [2.24, 2.45) is 0 Å². The monoisotopic (exact) mass is 885 g/mol. The summed E-state index contributed by atoms with van der Waals surface area (Å²) in [6.07, 6.45) is 75.3. The molecule has 0 aliphatic rings. The highest BCUT2D eigenvalue weighted by molar-refractivity contribution is 5.71. The Morgan fingerprint density at radius 3 is 1.20 bits per heavy atom. The Bertz CT molecular complexity index is 1320. The van der Waals surface area contributed by atoms with Gasteiger partial charge < -0.3 is 14.2 Å². The maximum Gasteiger partial charge on any atom is 0.309 e. The van der Waals surface area contributed by atoms with Crippen LogP contribution in [0, 0.1) is 0 Å². The molecule has 0 saturated heterocycles. The molecule has 0 aromatic rings. The van der Waals surface area contributed by atoms with Gasteiger partial charge in [-0.3, -0.25) is 9.59 Å². The number of allylic oxidation sites excluding steroid dienone is 19. The number of carbonyl (C=O) groups is 2. The lowest BCUT2D eigenvalue weighted by Crippen LogP contribution is -2.30. The molecule has 0 bridgehead atoms. The van der Waals surface area contributed by atoms with Crippen molar-refractivity contribution >= 4 is 11.9 Å². The molecule has 0 spiro atoms. The van der Waals surface area contributed by atoms with E-state index in [1.807, 2.05) is 12.2 Å². The van der Waals surface area contributed by atoms with Crippen LogP contribution in [0.1, 0.15) is 213 Å². The van der Waals surface area contributed by atoms with Crippen molar-refractivity contribution in [3.63, 3.8) is 0 Å². The summed E-state index contributed by atoms with van der Waals surface area (Å²) < 4.78 is 17.3. The second kappa shape index (κ2) is 53.6. The molecule has 1 unspecified atom stereocenters. The summed E-state index contributed by atoms with van der Waals surface area (Å²) in [4.78, 5) is 25.3. The summed E-state index contributed by atoms with van der Waals surface area (Å²) in [5, 5.41) is 0. The third-order valence-electron chi connectivity index (χ3n) is 10.5. The Morgan fingerprint density at radius 1 is 0.375 bits per heavy atom. The summed E-state index contributed by atoms with van der Waals surface area (Å²) >= 11 is 0. The van der Waals surface area contributed by atoms with Crippen LogP contribution in [0.5, 0.6) is 0 Å². The van der Waals surface area contributed by atoms with Crippen molar-refractivity contribution in [2.75, 3.05) is 19.8 Å². The maximum absolute atomic E-state index is 12.8. The molecule has 0 fully saturated rings. The molecule has 0 N–H and O–H groups in total. The van der Waals surface area contributed by atoms with Gasteiger partial charge in [-0.15, -0.1) is 0 Å². The van der Waals surface area contributed by atoms with Crippen molar-refractivity contribution in [1.82, 2.24) is 0 Å². The standard InChI is InChI=1S/C59H96O5/c1-4-7-10-13-16-19-22-25-27-28-29-30-31-33-36-39-42-45-48-51-54-62-55-57(64-59(61)53-50-47-44-41-38-34-24-21-18-15-12-9-6-3)56-63-58(60)52-49-46-43-40-37-35-32-26-23-20-17-14-11-8-5-2/h8-9,11-12,16-21,25-27,32,34,37-38,40,46,49,57H,4-7,10,13-15,22-24,28-31,33,35-36,39,41-45,47-48,50-56H2,1-3H3/b11-8-,12-9-,19-16-,20-17-,21-18-,27-25-,32-26-,38-34-,40-37-,49-46-. The first-order chi connectivity index (χ1) is 31.6. The summed E-state index contributed by atoms with van der Waals surface area (Å²) in [6.45, 7) is 7.42. The van der Waals surface area contributed by atoms with Crippen molar-refractivity contribution < 1.29 is 23.8 Å². The van der Waals surface area contributed by atoms with Crippen LogP contribution < -0.4 is 0 Å². The fourth-order valence-corrected chi connectivity index (χ4v) is 6.69. The van der Waals surface area contributed by atoms with Crippen LogP contribution in [0.2, 0.25) is 0 Å². The van der Waals surface area contributed by atoms with E-state index in [9.17, 15) is 9.59 Å². The molecule has 1 atom stereocenters. The molecule has 0 aromatic carbocycles. The normalized spacial score (nSPS) is 13.2. The number of hydrogen-bond donors (Lipinski definition) is 0. The first kappa shape index (κ1) is 60.3. The lowest BCUT2D eigenvalue weighted by atomic mass is 10.1. The van der Waals surface area contributed by atoms with Crippen LogP contribution in [-0.4, -0.2) is 37.9 Å². The molecule has 0 heterocycles. The SMILES string of the molecule is CC/C=C\C/C=C\C/C=C\C/C=C\C/C=C\CC(=O)OCC(COCCCCCCCCCCCC/C=C\C/C=C\CCCCC)OC(=O)CCCCC/C=C\C/C=C\C/C=C\CC. The van der Waals surface area contributed by atoms with Gasteiger partial charge in [0.25, 0.3) is 0 Å². The van der Waals surface area contributed by atoms with E-state index in [1.54, 1.807) is 0 Å². The Hall–Kier alpha value is -3.70. The second-order valence-corrected chi connectivity index (χ2v) is 16.7. The number of ether oxygens (including phenoxy) is 3. The van der Waals surface area contributed by atoms with Gasteiger partial charge in [-0.1, -0.05) is 213 Å². The number of unbranched alkanes of at least 4 members (excludes halogenated alkanes) is 16. The minimum atomic E-state index is -0.600. The van der Waals surface area contributed by atoms with Gasteiger partial charge in [-0.2, -0.15) is 0 Å². The van der Waals surface area contributed by atoms with Crippen molar-refractivity contribution in [2.45, 2.75) is 219 Å². The minimum Gasteiger partial charge on any atom is -0.461 e. The van der Waals surface area contributed by atoms with Gasteiger partial charge in [0, 0.05) is 13.0 Å². The number of rotatable bonds is 46. The summed E-state index contributed by atoms with van der Waals surface area (Å²) in [7, 11) is 0. The lowest BCUT2D eigenvalue weighted by molar-refractivity contribution is -0.162. The Kier molecular flexibility index (Phi) is 50.5. The molecule has 0 aromatic heterocycles. The van der Waals surface area contributed by atoms with E-state index in [0.29, 0.717) is 13.0 Å². The van der Waals surface area contributed by atoms with Gasteiger partial charge in [0.15, 0.2) is 6.10 Å². The van der Waals surface area contributed by atoms with E-state index in [4.69, 9.17) is 14.2 Å². The van der Waals surface area contributed by atoms with Gasteiger partial charge in [-0.05, 0) is 109 Å². The average Bonchev–Trinajstić information content (AvgIpc) is 3.30. The molecule has 0 aliphatic heterocycles. The van der Waals surface area contributed by atoms with Crippen LogP contribution in [0.15, 0.2) is 122 Å². The van der Waals surface area contributed by atoms with Crippen LogP contribution in [-0.2, 0) is 23.8 Å². The van der Waals surface area contributed by atoms with E-state index in [-0.39, 0.29) is 31.6 Å². The fourth-order valence-electron chi connectivity index (χ4n) is 6.69. The molecule has 0 radical (unpaired) electrons. The number of hydrogen-bond acceptors (Lipinski definition) is 5. The highest BCUT2D eigenvalue weighted by Crippen LogP contribution is 2.13. The molecule has 5 nitrogen and oxygen atoms in total. The second-order valence-electron chi connectivity index (χ2n) is 16.7. The molecule has 0 amide bonds. The van der Waals surface area contributed by atoms with Crippen LogP contribution in [0.4, 0.5) is 0 Å². The van der Waals surface area contributed by atoms with E-state index in [2.05, 4.69) is 130 Å². The van der Waals surface area contributed by atoms with Gasteiger partial charge in [0.2, 0.25) is 0 Å². The van der Waals surface area contributed by atoms with Gasteiger partial charge in [0.1, 0.15) is 6.61 Å². The van der Waals surface area contributed by atoms with Crippen LogP contribution in [0.3, 0.4) is 0 Å². The highest BCUT2D eigenvalue weighted by atomic mass is 16.6. The molecule has 0 aliphatic carbocycles. The van der Waals surface area contributed by atoms with Crippen molar-refractivity contribution in [1.29, 1.82) is 0 Å².